The molecule has 6 nitrogen and oxygen atoms in total. The molecule has 3 aromatic carbocycles. The van der Waals surface area contributed by atoms with Gasteiger partial charge in [-0.3, -0.25) is 14.5 Å². The van der Waals surface area contributed by atoms with Crippen molar-refractivity contribution in [2.24, 2.45) is 0 Å². The smallest absolute Gasteiger partial charge is 0.335 e. The monoisotopic (exact) mass is 555 g/mol. The van der Waals surface area contributed by atoms with E-state index in [1.54, 1.807) is 54.6 Å². The fourth-order valence-electron chi connectivity index (χ4n) is 3.61. The number of hydrogen-bond donors (Lipinski definition) is 2. The lowest BCUT2D eigenvalue weighted by atomic mass is 9.95. The van der Waals surface area contributed by atoms with Gasteiger partial charge in [-0.2, -0.15) is 0 Å². The summed E-state index contributed by atoms with van der Waals surface area (Å²) in [6.07, 6.45) is 0. The summed E-state index contributed by atoms with van der Waals surface area (Å²) in [7, 11) is 0. The molecule has 0 bridgehead atoms. The molecule has 0 aliphatic carbocycles. The maximum atomic E-state index is 13.1. The number of aliphatic hydroxyl groups excluding tert-OH is 1. The lowest BCUT2D eigenvalue weighted by Gasteiger charge is -2.25. The van der Waals surface area contributed by atoms with Crippen molar-refractivity contribution >= 4 is 61.0 Å². The number of ketones is 1. The summed E-state index contributed by atoms with van der Waals surface area (Å²) in [6.45, 7) is 0. The highest BCUT2D eigenvalue weighted by molar-refractivity contribution is 9.10. The number of benzene rings is 3. The van der Waals surface area contributed by atoms with Crippen LogP contribution < -0.4 is 4.90 Å². The first-order valence-electron chi connectivity index (χ1n) is 9.43. The minimum absolute atomic E-state index is 0.0214. The van der Waals surface area contributed by atoms with E-state index in [0.29, 0.717) is 11.1 Å². The van der Waals surface area contributed by atoms with Gasteiger partial charge in [0.1, 0.15) is 5.76 Å². The third-order valence-electron chi connectivity index (χ3n) is 5.12. The maximum absolute atomic E-state index is 13.1. The third kappa shape index (κ3) is 3.99. The fourth-order valence-corrected chi connectivity index (χ4v) is 4.14. The average Bonchev–Trinajstić information content (AvgIpc) is 3.05. The number of halogens is 2. The second-order valence-corrected chi connectivity index (χ2v) is 8.91. The van der Waals surface area contributed by atoms with Crippen LogP contribution in [0.5, 0.6) is 0 Å². The Morgan fingerprint density at radius 1 is 0.812 bits per heavy atom. The van der Waals surface area contributed by atoms with Crippen molar-refractivity contribution in [3.8, 4) is 0 Å². The van der Waals surface area contributed by atoms with Crippen molar-refractivity contribution in [1.82, 2.24) is 0 Å². The Hall–Kier alpha value is -3.23. The Morgan fingerprint density at radius 3 is 2.00 bits per heavy atom. The van der Waals surface area contributed by atoms with E-state index in [1.807, 2.05) is 0 Å². The first-order valence-corrected chi connectivity index (χ1v) is 11.0. The number of hydrogen-bond acceptors (Lipinski definition) is 4. The number of carboxylic acids is 1. The first-order chi connectivity index (χ1) is 15.3. The van der Waals surface area contributed by atoms with Crippen molar-refractivity contribution in [2.75, 3.05) is 4.90 Å². The predicted molar refractivity (Wildman–Crippen MR) is 126 cm³/mol. The summed E-state index contributed by atoms with van der Waals surface area (Å²) < 4.78 is 1.60. The van der Waals surface area contributed by atoms with Crippen LogP contribution in [0.2, 0.25) is 0 Å². The minimum Gasteiger partial charge on any atom is -0.507 e. The number of aromatic carboxylic acids is 1. The molecule has 1 amide bonds. The van der Waals surface area contributed by atoms with E-state index in [4.69, 9.17) is 0 Å². The third-order valence-corrected chi connectivity index (χ3v) is 6.18. The molecule has 1 aliphatic heterocycles. The highest BCUT2D eigenvalue weighted by atomic mass is 79.9. The SMILES string of the molecule is O=C1C(=O)N(c2cccc(C(=O)O)c2)[C@H](c2ccc(Br)cc2)C1=C(O)c1ccc(Br)cc1. The van der Waals surface area contributed by atoms with E-state index in [2.05, 4.69) is 31.9 Å². The number of carbonyl (C=O) groups excluding carboxylic acids is 2. The molecule has 0 spiro atoms. The molecule has 0 radical (unpaired) electrons. The number of rotatable bonds is 4. The molecule has 1 heterocycles. The number of amides is 1. The van der Waals surface area contributed by atoms with Crippen LogP contribution in [0.25, 0.3) is 5.76 Å². The molecule has 160 valence electrons. The van der Waals surface area contributed by atoms with Crippen LogP contribution in [0.1, 0.15) is 27.5 Å². The first kappa shape index (κ1) is 22.0. The van der Waals surface area contributed by atoms with Crippen molar-refractivity contribution in [3.63, 3.8) is 0 Å². The van der Waals surface area contributed by atoms with Crippen molar-refractivity contribution in [3.05, 3.63) is 104 Å². The maximum Gasteiger partial charge on any atom is 0.335 e. The van der Waals surface area contributed by atoms with Gasteiger partial charge in [-0.15, -0.1) is 0 Å². The Kier molecular flexibility index (Phi) is 5.99. The summed E-state index contributed by atoms with van der Waals surface area (Å²) >= 11 is 6.71. The van der Waals surface area contributed by atoms with Gasteiger partial charge in [-0.25, -0.2) is 4.79 Å². The summed E-state index contributed by atoms with van der Waals surface area (Å²) in [6, 6.07) is 18.6. The topological polar surface area (TPSA) is 94.9 Å². The summed E-state index contributed by atoms with van der Waals surface area (Å²) in [5, 5.41) is 20.4. The van der Waals surface area contributed by atoms with Crippen molar-refractivity contribution < 1.29 is 24.6 Å². The van der Waals surface area contributed by atoms with Crippen molar-refractivity contribution in [2.45, 2.75) is 6.04 Å². The second-order valence-electron chi connectivity index (χ2n) is 7.08. The molecule has 4 rings (SSSR count). The van der Waals surface area contributed by atoms with E-state index >= 15 is 0 Å². The lowest BCUT2D eigenvalue weighted by molar-refractivity contribution is -0.132. The van der Waals surface area contributed by atoms with Gasteiger partial charge in [-0.05, 0) is 48.0 Å². The van der Waals surface area contributed by atoms with Gasteiger partial charge in [0.25, 0.3) is 11.7 Å². The molecule has 0 unspecified atom stereocenters. The van der Waals surface area contributed by atoms with Crippen molar-refractivity contribution in [1.29, 1.82) is 0 Å². The fraction of sp³-hybridized carbons (Fsp3) is 0.0417. The Morgan fingerprint density at radius 2 is 1.41 bits per heavy atom. The van der Waals surface area contributed by atoms with Gasteiger partial charge in [0, 0.05) is 20.2 Å². The molecular weight excluding hydrogens is 542 g/mol. The van der Waals surface area contributed by atoms with E-state index < -0.39 is 23.7 Å². The quantitative estimate of drug-likeness (QED) is 0.250. The number of carboxylic acid groups (broad SMARTS) is 1. The molecule has 32 heavy (non-hydrogen) atoms. The molecule has 8 heteroatoms. The Bertz CT molecular complexity index is 1270. The van der Waals surface area contributed by atoms with Crippen LogP contribution in [0.4, 0.5) is 5.69 Å². The standard InChI is InChI=1S/C24H15Br2NO5/c25-16-8-4-13(5-9-16)20-19(21(28)14-6-10-17(26)11-7-14)22(29)23(30)27(20)18-3-1-2-15(12-18)24(31)32/h1-12,20,28H,(H,31,32)/t20-/m1/s1. The van der Waals surface area contributed by atoms with Gasteiger partial charge in [0.15, 0.2) is 0 Å². The van der Waals surface area contributed by atoms with Crippen LogP contribution in [0.3, 0.4) is 0 Å². The highest BCUT2D eigenvalue weighted by Gasteiger charge is 2.47. The zero-order valence-corrected chi connectivity index (χ0v) is 19.5. The zero-order chi connectivity index (χ0) is 23.0. The number of carbonyl (C=O) groups is 3. The van der Waals surface area contributed by atoms with Crippen LogP contribution >= 0.6 is 31.9 Å². The lowest BCUT2D eigenvalue weighted by Crippen LogP contribution is -2.29. The van der Waals surface area contributed by atoms with E-state index in [9.17, 15) is 24.6 Å². The average molecular weight is 557 g/mol. The van der Waals surface area contributed by atoms with Crippen LogP contribution in [0.15, 0.2) is 87.3 Å². The Balaban J connectivity index is 1.94. The molecule has 0 aromatic heterocycles. The van der Waals surface area contributed by atoms with E-state index in [1.165, 1.54) is 23.1 Å². The van der Waals surface area contributed by atoms with Crippen LogP contribution in [0, 0.1) is 0 Å². The molecule has 2 N–H and O–H groups in total. The zero-order valence-electron chi connectivity index (χ0n) is 16.3. The number of nitrogens with zero attached hydrogens (tertiary/aromatic N) is 1. The molecule has 1 aliphatic rings. The normalized spacial score (nSPS) is 17.6. The van der Waals surface area contributed by atoms with Crippen LogP contribution in [-0.2, 0) is 9.59 Å². The molecule has 3 aromatic rings. The summed E-state index contributed by atoms with van der Waals surface area (Å²) in [5.41, 5.74) is 1.13. The summed E-state index contributed by atoms with van der Waals surface area (Å²) in [5.74, 6) is -3.16. The highest BCUT2D eigenvalue weighted by Crippen LogP contribution is 2.42. The molecule has 0 saturated carbocycles. The number of Topliss-reactive ketones (excluding diaryl/α,β-unsaturated/α-hetero) is 1. The van der Waals surface area contributed by atoms with Gasteiger partial charge in [0.2, 0.25) is 0 Å². The largest absolute Gasteiger partial charge is 0.507 e. The van der Waals surface area contributed by atoms with Gasteiger partial charge < -0.3 is 10.2 Å². The number of anilines is 1. The van der Waals surface area contributed by atoms with Crippen LogP contribution in [-0.4, -0.2) is 27.9 Å². The minimum atomic E-state index is -1.15. The van der Waals surface area contributed by atoms with E-state index in [-0.39, 0.29) is 22.6 Å². The predicted octanol–water partition coefficient (Wildman–Crippen LogP) is 5.54. The molecule has 1 saturated heterocycles. The van der Waals surface area contributed by atoms with E-state index in [0.717, 1.165) is 8.95 Å². The molecular formula is C24H15Br2NO5. The Labute approximate surface area is 200 Å². The van der Waals surface area contributed by atoms with Gasteiger partial charge in [-0.1, -0.05) is 62.2 Å². The van der Waals surface area contributed by atoms with Gasteiger partial charge in [0.05, 0.1) is 17.2 Å². The molecule has 1 atom stereocenters. The number of aliphatic hydroxyl groups is 1. The molecule has 1 fully saturated rings. The second kappa shape index (κ2) is 8.72. The summed E-state index contributed by atoms with van der Waals surface area (Å²) in [4.78, 5) is 38.9. The van der Waals surface area contributed by atoms with Gasteiger partial charge >= 0.3 is 5.97 Å².